The number of amidine groups is 1. The number of hydrogen-bond donors (Lipinski definition) is 1. The van der Waals surface area contributed by atoms with Gasteiger partial charge in [0.05, 0.1) is 18.4 Å². The molecule has 1 N–H and O–H groups in total. The number of carbonyl (C=O) groups is 3. The molecular weight excluding hydrogens is 671 g/mol. The van der Waals surface area contributed by atoms with Crippen molar-refractivity contribution in [1.29, 1.82) is 0 Å². The van der Waals surface area contributed by atoms with Gasteiger partial charge in [0.25, 0.3) is 11.8 Å². The van der Waals surface area contributed by atoms with Gasteiger partial charge < -0.3 is 14.8 Å². The molecule has 3 amide bonds. The van der Waals surface area contributed by atoms with Crippen LogP contribution in [0.3, 0.4) is 0 Å². The van der Waals surface area contributed by atoms with E-state index in [0.717, 1.165) is 34.0 Å². The molecule has 4 aromatic carbocycles. The summed E-state index contributed by atoms with van der Waals surface area (Å²) in [5.74, 6) is -0.644. The van der Waals surface area contributed by atoms with Crippen molar-refractivity contribution >= 4 is 40.7 Å². The van der Waals surface area contributed by atoms with E-state index < -0.39 is 11.8 Å². The minimum atomic E-state index is -0.712. The first-order chi connectivity index (χ1) is 25.3. The number of benzene rings is 4. The second-order valence-electron chi connectivity index (χ2n) is 11.7. The summed E-state index contributed by atoms with van der Waals surface area (Å²) in [4.78, 5) is 46.8. The molecule has 264 valence electrons. The van der Waals surface area contributed by atoms with Gasteiger partial charge in [0.2, 0.25) is 5.91 Å². The zero-order valence-electron chi connectivity index (χ0n) is 29.5. The molecule has 4 aromatic rings. The Hall–Kier alpha value is -5.93. The summed E-state index contributed by atoms with van der Waals surface area (Å²) in [7, 11) is 0. The first-order valence-electron chi connectivity index (χ1n) is 16.9. The van der Waals surface area contributed by atoms with Gasteiger partial charge in [-0.3, -0.25) is 19.3 Å². The SMILES string of the molecule is C=C/C=C\C(=C/C)N1C(=O)/C(=C/c2ccc(OCc3cccc(C)c3)c(OCC)c2)C(=O)N=C1SCC(=O)NC(c1ccccc1)c1ccccc1. The fourth-order valence-corrected chi connectivity index (χ4v) is 6.33. The maximum absolute atomic E-state index is 14.2. The number of hydrogen-bond acceptors (Lipinski definition) is 6. The summed E-state index contributed by atoms with van der Waals surface area (Å²) in [5, 5.41) is 3.20. The fraction of sp³-hybridized carbons (Fsp3) is 0.163. The number of carbonyl (C=O) groups excluding carboxylic acids is 3. The van der Waals surface area contributed by atoms with Crippen molar-refractivity contribution < 1.29 is 23.9 Å². The highest BCUT2D eigenvalue weighted by Gasteiger charge is 2.35. The number of thioether (sulfide) groups is 1. The number of aliphatic imine (C=N–C) groups is 1. The number of allylic oxidation sites excluding steroid dienone is 4. The Morgan fingerprint density at radius 2 is 1.63 bits per heavy atom. The number of nitrogens with zero attached hydrogens (tertiary/aromatic N) is 2. The Morgan fingerprint density at radius 3 is 2.27 bits per heavy atom. The number of amides is 3. The van der Waals surface area contributed by atoms with Gasteiger partial charge in [-0.15, -0.1) is 0 Å². The van der Waals surface area contributed by atoms with Crippen molar-refractivity contribution in [1.82, 2.24) is 10.2 Å². The molecule has 9 heteroatoms. The third-order valence-electron chi connectivity index (χ3n) is 7.97. The van der Waals surface area contributed by atoms with Crippen LogP contribution in [0.2, 0.25) is 0 Å². The predicted octanol–water partition coefficient (Wildman–Crippen LogP) is 8.37. The fourth-order valence-electron chi connectivity index (χ4n) is 5.52. The van der Waals surface area contributed by atoms with E-state index in [1.807, 2.05) is 92.7 Å². The maximum Gasteiger partial charge on any atom is 0.285 e. The number of nitrogens with one attached hydrogen (secondary N) is 1. The van der Waals surface area contributed by atoms with Gasteiger partial charge >= 0.3 is 0 Å². The lowest BCUT2D eigenvalue weighted by Gasteiger charge is -2.28. The van der Waals surface area contributed by atoms with Crippen LogP contribution >= 0.6 is 11.8 Å². The minimum absolute atomic E-state index is 0.0883. The van der Waals surface area contributed by atoms with Gasteiger partial charge in [-0.1, -0.05) is 133 Å². The lowest BCUT2D eigenvalue weighted by Crippen LogP contribution is -2.42. The Balaban J connectivity index is 1.40. The highest BCUT2D eigenvalue weighted by molar-refractivity contribution is 8.14. The van der Waals surface area contributed by atoms with Crippen molar-refractivity contribution in [3.8, 4) is 11.5 Å². The van der Waals surface area contributed by atoms with Gasteiger partial charge in [0.15, 0.2) is 16.7 Å². The molecule has 0 saturated carbocycles. The highest BCUT2D eigenvalue weighted by atomic mass is 32.2. The molecule has 0 aromatic heterocycles. The zero-order chi connectivity index (χ0) is 36.9. The highest BCUT2D eigenvalue weighted by Crippen LogP contribution is 2.32. The van der Waals surface area contributed by atoms with Crippen LogP contribution in [-0.2, 0) is 21.0 Å². The van der Waals surface area contributed by atoms with Crippen LogP contribution in [0.1, 0.15) is 47.7 Å². The van der Waals surface area contributed by atoms with E-state index in [0.29, 0.717) is 36.0 Å². The molecule has 1 heterocycles. The summed E-state index contributed by atoms with van der Waals surface area (Å²) >= 11 is 1.01. The van der Waals surface area contributed by atoms with Crippen LogP contribution in [-0.4, -0.2) is 40.1 Å². The van der Waals surface area contributed by atoms with E-state index >= 15 is 0 Å². The zero-order valence-corrected chi connectivity index (χ0v) is 30.3. The first kappa shape index (κ1) is 37.3. The van der Waals surface area contributed by atoms with Crippen LogP contribution in [0.4, 0.5) is 0 Å². The van der Waals surface area contributed by atoms with E-state index in [9.17, 15) is 14.4 Å². The predicted molar refractivity (Wildman–Crippen MR) is 209 cm³/mol. The minimum Gasteiger partial charge on any atom is -0.490 e. The molecule has 8 nitrogen and oxygen atoms in total. The third kappa shape index (κ3) is 9.64. The molecule has 0 fully saturated rings. The molecule has 1 aliphatic rings. The maximum atomic E-state index is 14.2. The molecule has 0 atom stereocenters. The number of rotatable bonds is 14. The molecule has 1 aliphatic heterocycles. The van der Waals surface area contributed by atoms with Gasteiger partial charge in [0.1, 0.15) is 12.2 Å². The summed E-state index contributed by atoms with van der Waals surface area (Å²) in [6.07, 6.45) is 8.20. The lowest BCUT2D eigenvalue weighted by atomic mass is 9.99. The van der Waals surface area contributed by atoms with Crippen LogP contribution in [0.25, 0.3) is 6.08 Å². The van der Waals surface area contributed by atoms with Crippen LogP contribution in [0, 0.1) is 6.92 Å². The largest absolute Gasteiger partial charge is 0.490 e. The second kappa shape index (κ2) is 18.3. The molecule has 5 rings (SSSR count). The molecule has 52 heavy (non-hydrogen) atoms. The number of ether oxygens (including phenoxy) is 2. The van der Waals surface area contributed by atoms with Gasteiger partial charge in [-0.05, 0) is 67.3 Å². The second-order valence-corrected chi connectivity index (χ2v) is 12.7. The number of aryl methyl sites for hydroxylation is 1. The van der Waals surface area contributed by atoms with Crippen molar-refractivity contribution in [2.75, 3.05) is 12.4 Å². The van der Waals surface area contributed by atoms with Crippen molar-refractivity contribution in [2.45, 2.75) is 33.4 Å². The van der Waals surface area contributed by atoms with E-state index in [4.69, 9.17) is 9.47 Å². The Kier molecular flexibility index (Phi) is 13.2. The van der Waals surface area contributed by atoms with E-state index in [2.05, 4.69) is 23.0 Å². The van der Waals surface area contributed by atoms with Gasteiger partial charge in [-0.25, -0.2) is 0 Å². The summed E-state index contributed by atoms with van der Waals surface area (Å²) in [6, 6.07) is 32.3. The molecule has 0 unspecified atom stereocenters. The summed E-state index contributed by atoms with van der Waals surface area (Å²) < 4.78 is 12.0. The normalized spacial score (nSPS) is 14.2. The van der Waals surface area contributed by atoms with Crippen molar-refractivity contribution in [3.63, 3.8) is 0 Å². The average molecular weight is 712 g/mol. The topological polar surface area (TPSA) is 97.3 Å². The van der Waals surface area contributed by atoms with Gasteiger partial charge in [0, 0.05) is 5.70 Å². The third-order valence-corrected chi connectivity index (χ3v) is 8.91. The lowest BCUT2D eigenvalue weighted by molar-refractivity contribution is -0.126. The average Bonchev–Trinajstić information content (AvgIpc) is 3.16. The molecule has 0 radical (unpaired) electrons. The Bertz CT molecular complexity index is 2000. The first-order valence-corrected chi connectivity index (χ1v) is 17.9. The Labute approximate surface area is 309 Å². The van der Waals surface area contributed by atoms with Crippen molar-refractivity contribution in [3.05, 3.63) is 173 Å². The quantitative estimate of drug-likeness (QED) is 0.0803. The van der Waals surface area contributed by atoms with E-state index in [1.54, 1.807) is 49.4 Å². The molecule has 0 saturated heterocycles. The summed E-state index contributed by atoms with van der Waals surface area (Å²) in [6.45, 7) is 10.2. The van der Waals surface area contributed by atoms with Gasteiger partial charge in [-0.2, -0.15) is 4.99 Å². The summed E-state index contributed by atoms with van der Waals surface area (Å²) in [5.41, 5.74) is 4.90. The molecule has 0 aliphatic carbocycles. The van der Waals surface area contributed by atoms with Crippen LogP contribution in [0.15, 0.2) is 150 Å². The molecule has 0 bridgehead atoms. The van der Waals surface area contributed by atoms with E-state index in [1.165, 1.54) is 11.0 Å². The molecule has 0 spiro atoms. The van der Waals surface area contributed by atoms with Crippen LogP contribution in [0.5, 0.6) is 11.5 Å². The van der Waals surface area contributed by atoms with Crippen LogP contribution < -0.4 is 14.8 Å². The monoisotopic (exact) mass is 711 g/mol. The van der Waals surface area contributed by atoms with E-state index in [-0.39, 0.29) is 28.4 Å². The Morgan fingerprint density at radius 1 is 0.923 bits per heavy atom. The van der Waals surface area contributed by atoms with Crippen molar-refractivity contribution in [2.24, 2.45) is 4.99 Å². The standard InChI is InChI=1S/C43H41N3O5S/c1-5-8-22-35(6-2)46-42(49)36(26-31-23-24-37(38(27-31)50-7-3)51-28-32-17-15-16-30(4)25-32)41(48)45-43(46)52-29-39(47)44-40(33-18-11-9-12-19-33)34-20-13-10-14-21-34/h5-6,8-27,40H,1,7,28-29H2,2-4H3,(H,44,47)/b22-8-,35-6+,36-26+. The smallest absolute Gasteiger partial charge is 0.285 e. The molecular formula is C43H41N3O5S.